The van der Waals surface area contributed by atoms with E-state index in [1.165, 1.54) is 4.31 Å². The molecule has 1 aliphatic rings. The molecule has 20 heavy (non-hydrogen) atoms. The van der Waals surface area contributed by atoms with Gasteiger partial charge in [-0.2, -0.15) is 9.40 Å². The molecule has 0 bridgehead atoms. The van der Waals surface area contributed by atoms with Crippen LogP contribution in [0.5, 0.6) is 0 Å². The summed E-state index contributed by atoms with van der Waals surface area (Å²) in [5.74, 6) is 0.181. The van der Waals surface area contributed by atoms with Gasteiger partial charge in [0.2, 0.25) is 10.0 Å². The zero-order valence-corrected chi connectivity index (χ0v) is 14.0. The van der Waals surface area contributed by atoms with E-state index < -0.39 is 10.0 Å². The number of aryl methyl sites for hydroxylation is 2. The Morgan fingerprint density at radius 1 is 1.35 bits per heavy atom. The molecule has 2 atom stereocenters. The highest BCUT2D eigenvalue weighted by atomic mass is 35.5. The minimum absolute atomic E-state index is 0. The van der Waals surface area contributed by atoms with Crippen LogP contribution in [-0.4, -0.2) is 41.6 Å². The third-order valence-corrected chi connectivity index (χ3v) is 6.09. The van der Waals surface area contributed by atoms with Gasteiger partial charge in [0.05, 0.1) is 11.4 Å². The summed E-state index contributed by atoms with van der Waals surface area (Å²) < 4.78 is 28.6. The molecule has 8 heteroatoms. The van der Waals surface area contributed by atoms with Crippen LogP contribution < -0.4 is 5.73 Å². The van der Waals surface area contributed by atoms with E-state index in [0.29, 0.717) is 35.8 Å². The molecule has 2 rings (SSSR count). The van der Waals surface area contributed by atoms with E-state index in [-0.39, 0.29) is 24.4 Å². The Balaban J connectivity index is 0.00000200. The molecule has 116 valence electrons. The molecular formula is C12H23ClN4O2S. The molecule has 0 aliphatic carbocycles. The number of nitrogens with zero attached hydrogens (tertiary/aromatic N) is 3. The number of aromatic nitrogens is 2. The summed E-state index contributed by atoms with van der Waals surface area (Å²) in [7, 11) is -1.70. The Bertz CT molecular complexity index is 585. The molecule has 6 nitrogen and oxygen atoms in total. The lowest BCUT2D eigenvalue weighted by molar-refractivity contribution is 0.250. The van der Waals surface area contributed by atoms with Gasteiger partial charge in [0.15, 0.2) is 0 Å². The number of rotatable bonds is 2. The molecule has 0 amide bonds. The number of hydrogen-bond acceptors (Lipinski definition) is 4. The molecule has 1 aliphatic heterocycles. The topological polar surface area (TPSA) is 81.2 Å². The van der Waals surface area contributed by atoms with Crippen molar-refractivity contribution in [2.45, 2.75) is 38.1 Å². The van der Waals surface area contributed by atoms with E-state index in [1.807, 2.05) is 6.92 Å². The second kappa shape index (κ2) is 6.01. The normalized spacial score (nSPS) is 24.4. The van der Waals surface area contributed by atoms with Crippen LogP contribution in [0.3, 0.4) is 0 Å². The van der Waals surface area contributed by atoms with Gasteiger partial charge in [-0.05, 0) is 26.2 Å². The van der Waals surface area contributed by atoms with Crippen LogP contribution >= 0.6 is 12.4 Å². The van der Waals surface area contributed by atoms with Crippen LogP contribution in [0.25, 0.3) is 0 Å². The van der Waals surface area contributed by atoms with E-state index in [2.05, 4.69) is 5.10 Å². The first-order valence-electron chi connectivity index (χ1n) is 6.51. The molecule has 2 heterocycles. The maximum atomic E-state index is 12.7. The number of hydrogen-bond donors (Lipinski definition) is 1. The van der Waals surface area contributed by atoms with E-state index in [4.69, 9.17) is 5.73 Å². The van der Waals surface area contributed by atoms with Crippen LogP contribution in [0, 0.1) is 19.8 Å². The fourth-order valence-electron chi connectivity index (χ4n) is 2.60. The molecular weight excluding hydrogens is 300 g/mol. The second-order valence-corrected chi connectivity index (χ2v) is 7.29. The van der Waals surface area contributed by atoms with Crippen molar-refractivity contribution in [3.05, 3.63) is 11.4 Å². The van der Waals surface area contributed by atoms with E-state index in [1.54, 1.807) is 25.6 Å². The first-order chi connectivity index (χ1) is 8.75. The zero-order valence-electron chi connectivity index (χ0n) is 12.3. The maximum absolute atomic E-state index is 12.7. The zero-order chi connectivity index (χ0) is 14.4. The molecule has 0 aromatic carbocycles. The van der Waals surface area contributed by atoms with Gasteiger partial charge in [-0.25, -0.2) is 8.42 Å². The van der Waals surface area contributed by atoms with Gasteiger partial charge in [-0.15, -0.1) is 12.4 Å². The van der Waals surface area contributed by atoms with Crippen molar-refractivity contribution in [2.24, 2.45) is 18.7 Å². The first kappa shape index (κ1) is 17.4. The number of piperidine rings is 1. The highest BCUT2D eigenvalue weighted by Gasteiger charge is 2.35. The SMILES string of the molecule is Cc1nn(C)c(C)c1S(=O)(=O)N1CCC(N)C(C)C1.Cl. The molecule has 1 aromatic heterocycles. The summed E-state index contributed by atoms with van der Waals surface area (Å²) in [6.07, 6.45) is 0.707. The lowest BCUT2D eigenvalue weighted by atomic mass is 9.96. The molecule has 1 aromatic rings. The molecule has 0 radical (unpaired) electrons. The second-order valence-electron chi connectivity index (χ2n) is 5.42. The largest absolute Gasteiger partial charge is 0.327 e. The molecule has 0 spiro atoms. The molecule has 2 N–H and O–H groups in total. The van der Waals surface area contributed by atoms with Crippen molar-refractivity contribution in [3.8, 4) is 0 Å². The number of halogens is 1. The standard InChI is InChI=1S/C12H22N4O2S.ClH/c1-8-7-16(6-5-11(8)13)19(17,18)12-9(2)14-15(4)10(12)3;/h8,11H,5-7,13H2,1-4H3;1H. The maximum Gasteiger partial charge on any atom is 0.246 e. The van der Waals surface area contributed by atoms with Gasteiger partial charge in [0, 0.05) is 26.2 Å². The number of nitrogens with two attached hydrogens (primary N) is 1. The van der Waals surface area contributed by atoms with E-state index in [9.17, 15) is 8.42 Å². The Morgan fingerprint density at radius 3 is 2.40 bits per heavy atom. The minimum atomic E-state index is -3.46. The quantitative estimate of drug-likeness (QED) is 0.874. The lowest BCUT2D eigenvalue weighted by Crippen LogP contribution is -2.48. The average Bonchev–Trinajstić information content (AvgIpc) is 2.57. The van der Waals surface area contributed by atoms with Crippen molar-refractivity contribution < 1.29 is 8.42 Å². The highest BCUT2D eigenvalue weighted by Crippen LogP contribution is 2.26. The Morgan fingerprint density at radius 2 is 1.95 bits per heavy atom. The van der Waals surface area contributed by atoms with Crippen LogP contribution in [0.4, 0.5) is 0 Å². The van der Waals surface area contributed by atoms with Gasteiger partial charge in [-0.3, -0.25) is 4.68 Å². The van der Waals surface area contributed by atoms with Crippen molar-refractivity contribution in [1.29, 1.82) is 0 Å². The van der Waals surface area contributed by atoms with Crippen molar-refractivity contribution in [3.63, 3.8) is 0 Å². The van der Waals surface area contributed by atoms with Crippen molar-refractivity contribution in [2.75, 3.05) is 13.1 Å². The van der Waals surface area contributed by atoms with Gasteiger partial charge < -0.3 is 5.73 Å². The Hall–Kier alpha value is -0.630. The van der Waals surface area contributed by atoms with Gasteiger partial charge >= 0.3 is 0 Å². The van der Waals surface area contributed by atoms with Gasteiger partial charge in [-0.1, -0.05) is 6.92 Å². The van der Waals surface area contributed by atoms with Crippen LogP contribution in [0.1, 0.15) is 24.7 Å². The molecule has 1 saturated heterocycles. The van der Waals surface area contributed by atoms with E-state index in [0.717, 1.165) is 0 Å². The Kier molecular flexibility index (Phi) is 5.23. The van der Waals surface area contributed by atoms with Crippen LogP contribution in [0.15, 0.2) is 4.90 Å². The lowest BCUT2D eigenvalue weighted by Gasteiger charge is -2.34. The third-order valence-electron chi connectivity index (χ3n) is 3.97. The summed E-state index contributed by atoms with van der Waals surface area (Å²) in [4.78, 5) is 0.345. The minimum Gasteiger partial charge on any atom is -0.327 e. The summed E-state index contributed by atoms with van der Waals surface area (Å²) in [6, 6.07) is 0.0857. The summed E-state index contributed by atoms with van der Waals surface area (Å²) >= 11 is 0. The van der Waals surface area contributed by atoms with Crippen molar-refractivity contribution in [1.82, 2.24) is 14.1 Å². The fraction of sp³-hybridized carbons (Fsp3) is 0.750. The smallest absolute Gasteiger partial charge is 0.246 e. The van der Waals surface area contributed by atoms with Gasteiger partial charge in [0.25, 0.3) is 0 Å². The monoisotopic (exact) mass is 322 g/mol. The highest BCUT2D eigenvalue weighted by molar-refractivity contribution is 7.89. The van der Waals surface area contributed by atoms with E-state index >= 15 is 0 Å². The Labute approximate surface area is 126 Å². The van der Waals surface area contributed by atoms with Gasteiger partial charge in [0.1, 0.15) is 4.90 Å². The van der Waals surface area contributed by atoms with Crippen molar-refractivity contribution >= 4 is 22.4 Å². The van der Waals surface area contributed by atoms with Crippen LogP contribution in [-0.2, 0) is 17.1 Å². The molecule has 1 fully saturated rings. The summed E-state index contributed by atoms with van der Waals surface area (Å²) in [5, 5.41) is 4.19. The predicted octanol–water partition coefficient (Wildman–Crippen LogP) is 0.817. The predicted molar refractivity (Wildman–Crippen MR) is 80.4 cm³/mol. The fourth-order valence-corrected chi connectivity index (χ4v) is 4.56. The molecule has 2 unspecified atom stereocenters. The average molecular weight is 323 g/mol. The van der Waals surface area contributed by atoms with Crippen LogP contribution in [0.2, 0.25) is 0 Å². The molecule has 0 saturated carbocycles. The first-order valence-corrected chi connectivity index (χ1v) is 7.95. The summed E-state index contributed by atoms with van der Waals surface area (Å²) in [5.41, 5.74) is 7.19. The summed E-state index contributed by atoms with van der Waals surface area (Å²) in [6.45, 7) is 6.49. The number of sulfonamides is 1. The third kappa shape index (κ3) is 2.86.